The molecule has 2 aromatic carbocycles. The smallest absolute Gasteiger partial charge is 0.257 e. The van der Waals surface area contributed by atoms with Crippen LogP contribution in [0.25, 0.3) is 0 Å². The van der Waals surface area contributed by atoms with Crippen molar-refractivity contribution in [1.29, 1.82) is 0 Å². The number of carbonyl (C=O) groups excluding carboxylic acids is 1. The zero-order valence-electron chi connectivity index (χ0n) is 14.2. The molecule has 1 saturated heterocycles. The quantitative estimate of drug-likeness (QED) is 0.843. The minimum Gasteiger partial charge on any atom is -0.495 e. The lowest BCUT2D eigenvalue weighted by Crippen LogP contribution is -2.28. The topological polar surface area (TPSA) is 75.7 Å². The Kier molecular flexibility index (Phi) is 5.50. The summed E-state index contributed by atoms with van der Waals surface area (Å²) in [6.45, 7) is 1.02. The lowest BCUT2D eigenvalue weighted by atomic mass is 10.2. The third kappa shape index (κ3) is 3.70. The SMILES string of the molecule is COc1ccc(S(=O)(=O)N2CCCC2)cc1NC(=O)c1ccccc1Cl. The number of methoxy groups -OCH3 is 1. The van der Waals surface area contributed by atoms with E-state index >= 15 is 0 Å². The van der Waals surface area contributed by atoms with Crippen LogP contribution >= 0.6 is 11.6 Å². The Morgan fingerprint density at radius 3 is 2.50 bits per heavy atom. The van der Waals surface area contributed by atoms with Crippen LogP contribution in [-0.2, 0) is 10.0 Å². The number of hydrogen-bond acceptors (Lipinski definition) is 4. The van der Waals surface area contributed by atoms with Gasteiger partial charge in [-0.25, -0.2) is 8.42 Å². The van der Waals surface area contributed by atoms with Gasteiger partial charge < -0.3 is 10.1 Å². The van der Waals surface area contributed by atoms with E-state index in [0.29, 0.717) is 29.4 Å². The Morgan fingerprint density at radius 2 is 1.85 bits per heavy atom. The second-order valence-corrected chi connectivity index (χ2v) is 8.25. The van der Waals surface area contributed by atoms with Gasteiger partial charge in [0.25, 0.3) is 5.91 Å². The van der Waals surface area contributed by atoms with Crippen LogP contribution < -0.4 is 10.1 Å². The summed E-state index contributed by atoms with van der Waals surface area (Å²) in [4.78, 5) is 12.6. The first kappa shape index (κ1) is 18.7. The van der Waals surface area contributed by atoms with E-state index in [-0.39, 0.29) is 10.6 Å². The van der Waals surface area contributed by atoms with E-state index in [4.69, 9.17) is 16.3 Å². The zero-order valence-corrected chi connectivity index (χ0v) is 15.8. The lowest BCUT2D eigenvalue weighted by Gasteiger charge is -2.17. The highest BCUT2D eigenvalue weighted by atomic mass is 35.5. The fourth-order valence-electron chi connectivity index (χ4n) is 2.86. The van der Waals surface area contributed by atoms with Crippen LogP contribution in [0, 0.1) is 0 Å². The summed E-state index contributed by atoms with van der Waals surface area (Å²) >= 11 is 6.05. The van der Waals surface area contributed by atoms with Gasteiger partial charge in [-0.05, 0) is 43.2 Å². The lowest BCUT2D eigenvalue weighted by molar-refractivity contribution is 0.102. The molecule has 8 heteroatoms. The normalized spacial score (nSPS) is 15.0. The van der Waals surface area contributed by atoms with E-state index in [1.54, 1.807) is 24.3 Å². The van der Waals surface area contributed by atoms with Gasteiger partial charge in [0.2, 0.25) is 10.0 Å². The van der Waals surface area contributed by atoms with Crippen LogP contribution in [0.3, 0.4) is 0 Å². The average Bonchev–Trinajstić information content (AvgIpc) is 3.17. The third-order valence-corrected chi connectivity index (χ3v) is 6.46. The van der Waals surface area contributed by atoms with Gasteiger partial charge in [-0.15, -0.1) is 0 Å². The van der Waals surface area contributed by atoms with Gasteiger partial charge in [-0.1, -0.05) is 23.7 Å². The molecule has 0 bridgehead atoms. The number of halogens is 1. The molecule has 0 aromatic heterocycles. The average molecular weight is 395 g/mol. The highest BCUT2D eigenvalue weighted by molar-refractivity contribution is 7.89. The van der Waals surface area contributed by atoms with E-state index in [1.807, 2.05) is 0 Å². The Balaban J connectivity index is 1.93. The molecule has 6 nitrogen and oxygen atoms in total. The highest BCUT2D eigenvalue weighted by Crippen LogP contribution is 2.31. The Labute approximate surface area is 157 Å². The zero-order chi connectivity index (χ0) is 18.7. The molecule has 1 heterocycles. The van der Waals surface area contributed by atoms with E-state index < -0.39 is 15.9 Å². The number of anilines is 1. The molecule has 138 valence electrons. The molecule has 0 saturated carbocycles. The van der Waals surface area contributed by atoms with Crippen molar-refractivity contribution in [2.75, 3.05) is 25.5 Å². The predicted molar refractivity (Wildman–Crippen MR) is 100 cm³/mol. The first-order valence-corrected chi connectivity index (χ1v) is 9.99. The molecule has 0 atom stereocenters. The van der Waals surface area contributed by atoms with Crippen LogP contribution in [0.2, 0.25) is 5.02 Å². The van der Waals surface area contributed by atoms with Crippen molar-refractivity contribution >= 4 is 33.2 Å². The number of nitrogens with one attached hydrogen (secondary N) is 1. The second-order valence-electron chi connectivity index (χ2n) is 5.91. The molecular formula is C18H19ClN2O4S. The molecule has 2 aromatic rings. The minimum atomic E-state index is -3.59. The van der Waals surface area contributed by atoms with E-state index in [9.17, 15) is 13.2 Å². The van der Waals surface area contributed by atoms with Gasteiger partial charge in [0, 0.05) is 13.1 Å². The molecular weight excluding hydrogens is 376 g/mol. The molecule has 26 heavy (non-hydrogen) atoms. The molecule has 1 N–H and O–H groups in total. The fraction of sp³-hybridized carbons (Fsp3) is 0.278. The molecule has 0 unspecified atom stereocenters. The second kappa shape index (κ2) is 7.65. The van der Waals surface area contributed by atoms with Crippen LogP contribution in [0.1, 0.15) is 23.2 Å². The number of amides is 1. The van der Waals surface area contributed by atoms with Crippen molar-refractivity contribution < 1.29 is 17.9 Å². The van der Waals surface area contributed by atoms with Crippen molar-refractivity contribution in [2.45, 2.75) is 17.7 Å². The van der Waals surface area contributed by atoms with E-state index in [2.05, 4.69) is 5.32 Å². The molecule has 3 rings (SSSR count). The van der Waals surface area contributed by atoms with Gasteiger partial charge in [-0.3, -0.25) is 4.79 Å². The van der Waals surface area contributed by atoms with Gasteiger partial charge in [0.1, 0.15) is 5.75 Å². The first-order valence-electron chi connectivity index (χ1n) is 8.17. The van der Waals surface area contributed by atoms with Crippen LogP contribution in [0.15, 0.2) is 47.4 Å². The van der Waals surface area contributed by atoms with Crippen molar-refractivity contribution in [3.05, 3.63) is 53.1 Å². The fourth-order valence-corrected chi connectivity index (χ4v) is 4.62. The van der Waals surface area contributed by atoms with Gasteiger partial charge in [0.15, 0.2) is 0 Å². The van der Waals surface area contributed by atoms with Crippen molar-refractivity contribution in [3.8, 4) is 5.75 Å². The van der Waals surface area contributed by atoms with Gasteiger partial charge >= 0.3 is 0 Å². The van der Waals surface area contributed by atoms with E-state index in [1.165, 1.54) is 29.6 Å². The molecule has 1 aliphatic heterocycles. The summed E-state index contributed by atoms with van der Waals surface area (Å²) in [5, 5.41) is 3.00. The summed E-state index contributed by atoms with van der Waals surface area (Å²) in [5.74, 6) is -0.0737. The van der Waals surface area contributed by atoms with Gasteiger partial charge in [0.05, 0.1) is 28.3 Å². The summed E-state index contributed by atoms with van der Waals surface area (Å²) < 4.78 is 32.2. The Hall–Kier alpha value is -2.09. The summed E-state index contributed by atoms with van der Waals surface area (Å²) in [7, 11) is -2.14. The molecule has 1 aliphatic rings. The molecule has 0 aliphatic carbocycles. The third-order valence-electron chi connectivity index (χ3n) is 4.24. The van der Waals surface area contributed by atoms with E-state index in [0.717, 1.165) is 12.8 Å². The monoisotopic (exact) mass is 394 g/mol. The maximum atomic E-state index is 12.7. The van der Waals surface area contributed by atoms with Crippen LogP contribution in [0.5, 0.6) is 5.75 Å². The van der Waals surface area contributed by atoms with Crippen molar-refractivity contribution in [1.82, 2.24) is 4.31 Å². The highest BCUT2D eigenvalue weighted by Gasteiger charge is 2.28. The van der Waals surface area contributed by atoms with Crippen molar-refractivity contribution in [3.63, 3.8) is 0 Å². The first-order chi connectivity index (χ1) is 12.4. The molecule has 0 radical (unpaired) electrons. The summed E-state index contributed by atoms with van der Waals surface area (Å²) in [5.41, 5.74) is 0.571. The number of hydrogen-bond donors (Lipinski definition) is 1. The summed E-state index contributed by atoms with van der Waals surface area (Å²) in [6.07, 6.45) is 1.71. The molecule has 1 amide bonds. The number of rotatable bonds is 5. The molecule has 0 spiro atoms. The number of sulfonamides is 1. The predicted octanol–water partition coefficient (Wildman–Crippen LogP) is 3.39. The number of nitrogens with zero attached hydrogens (tertiary/aromatic N) is 1. The molecule has 1 fully saturated rings. The van der Waals surface area contributed by atoms with Crippen LogP contribution in [0.4, 0.5) is 5.69 Å². The standard InChI is InChI=1S/C18H19ClN2O4S/c1-25-17-9-8-13(26(23,24)21-10-4-5-11-21)12-16(17)20-18(22)14-6-2-3-7-15(14)19/h2-3,6-9,12H,4-5,10-11H2,1H3,(H,20,22). The Bertz CT molecular complexity index is 925. The number of carbonyl (C=O) groups is 1. The minimum absolute atomic E-state index is 0.120. The maximum absolute atomic E-state index is 12.7. The largest absolute Gasteiger partial charge is 0.495 e. The van der Waals surface area contributed by atoms with Crippen molar-refractivity contribution in [2.24, 2.45) is 0 Å². The maximum Gasteiger partial charge on any atom is 0.257 e. The van der Waals surface area contributed by atoms with Gasteiger partial charge in [-0.2, -0.15) is 4.31 Å². The number of ether oxygens (including phenoxy) is 1. The number of benzene rings is 2. The Morgan fingerprint density at radius 1 is 1.15 bits per heavy atom. The summed E-state index contributed by atoms with van der Waals surface area (Å²) in [6, 6.07) is 11.1. The van der Waals surface area contributed by atoms with Crippen LogP contribution in [-0.4, -0.2) is 38.8 Å².